The smallest absolute Gasteiger partial charge is 0.230 e. The van der Waals surface area contributed by atoms with Gasteiger partial charge in [-0.25, -0.2) is 0 Å². The second-order valence-electron chi connectivity index (χ2n) is 6.16. The molecule has 3 unspecified atom stereocenters. The molecule has 21 heavy (non-hydrogen) atoms. The zero-order chi connectivity index (χ0) is 14.1. The number of piperazine rings is 1. The molecule has 3 atom stereocenters. The summed E-state index contributed by atoms with van der Waals surface area (Å²) in [5.41, 5.74) is 2.63. The zero-order valence-corrected chi connectivity index (χ0v) is 13.7. The van der Waals surface area contributed by atoms with Crippen molar-refractivity contribution < 1.29 is 4.79 Å². The quantitative estimate of drug-likeness (QED) is 0.865. The fourth-order valence-electron chi connectivity index (χ4n) is 3.58. The Labute approximate surface area is 133 Å². The van der Waals surface area contributed by atoms with Crippen LogP contribution in [0.1, 0.15) is 43.7 Å². The van der Waals surface area contributed by atoms with Crippen molar-refractivity contribution in [3.8, 4) is 0 Å². The predicted molar refractivity (Wildman–Crippen MR) is 88.0 cm³/mol. The van der Waals surface area contributed by atoms with Gasteiger partial charge in [0.2, 0.25) is 5.91 Å². The molecule has 1 saturated heterocycles. The number of hydrogen-bond donors (Lipinski definition) is 1. The van der Waals surface area contributed by atoms with Crippen molar-refractivity contribution in [1.82, 2.24) is 10.2 Å². The number of halogens is 1. The van der Waals surface area contributed by atoms with E-state index < -0.39 is 0 Å². The molecule has 1 aliphatic carbocycles. The average Bonchev–Trinajstić information content (AvgIpc) is 2.49. The van der Waals surface area contributed by atoms with Crippen molar-refractivity contribution in [2.24, 2.45) is 0 Å². The lowest BCUT2D eigenvalue weighted by molar-refractivity contribution is -0.136. The Morgan fingerprint density at radius 2 is 2.05 bits per heavy atom. The molecule has 1 heterocycles. The Morgan fingerprint density at radius 3 is 2.86 bits per heavy atom. The topological polar surface area (TPSA) is 32.3 Å². The van der Waals surface area contributed by atoms with E-state index in [1.807, 2.05) is 0 Å². The van der Waals surface area contributed by atoms with Crippen LogP contribution in [0.3, 0.4) is 0 Å². The second-order valence-corrected chi connectivity index (χ2v) is 6.16. The minimum absolute atomic E-state index is 0. The van der Waals surface area contributed by atoms with Crippen molar-refractivity contribution in [2.45, 2.75) is 51.1 Å². The van der Waals surface area contributed by atoms with Gasteiger partial charge < -0.3 is 10.2 Å². The first-order chi connectivity index (χ1) is 9.68. The molecule has 0 bridgehead atoms. The van der Waals surface area contributed by atoms with E-state index in [0.717, 1.165) is 32.4 Å². The summed E-state index contributed by atoms with van der Waals surface area (Å²) in [7, 11) is 0. The number of carbonyl (C=O) groups excluding carboxylic acids is 1. The van der Waals surface area contributed by atoms with Gasteiger partial charge in [-0.05, 0) is 44.2 Å². The van der Waals surface area contributed by atoms with Crippen LogP contribution in [-0.2, 0) is 11.2 Å². The van der Waals surface area contributed by atoms with E-state index in [1.54, 1.807) is 0 Å². The first-order valence-electron chi connectivity index (χ1n) is 7.80. The number of hydrogen-bond acceptors (Lipinski definition) is 2. The van der Waals surface area contributed by atoms with E-state index in [1.165, 1.54) is 11.1 Å². The standard InChI is InChI=1S/C17H24N2O.ClH/c1-12-13(2)19(11-10-18-12)17(20)16-9-5-7-14-6-3-4-8-15(14)16;/h3-4,6,8,12-13,16,18H,5,7,9-11H2,1-2H3;1H. The maximum atomic E-state index is 13.0. The molecule has 0 aromatic heterocycles. The maximum absolute atomic E-state index is 13.0. The van der Waals surface area contributed by atoms with Crippen LogP contribution in [0.2, 0.25) is 0 Å². The van der Waals surface area contributed by atoms with Gasteiger partial charge in [-0.2, -0.15) is 0 Å². The lowest BCUT2D eigenvalue weighted by Crippen LogP contribution is -2.58. The fourth-order valence-corrected chi connectivity index (χ4v) is 3.58. The summed E-state index contributed by atoms with van der Waals surface area (Å²) < 4.78 is 0. The van der Waals surface area contributed by atoms with Crippen LogP contribution >= 0.6 is 12.4 Å². The summed E-state index contributed by atoms with van der Waals surface area (Å²) in [6.45, 7) is 6.07. The van der Waals surface area contributed by atoms with Crippen LogP contribution in [0.25, 0.3) is 0 Å². The van der Waals surface area contributed by atoms with Gasteiger partial charge in [-0.1, -0.05) is 24.3 Å². The van der Waals surface area contributed by atoms with E-state index in [9.17, 15) is 4.79 Å². The van der Waals surface area contributed by atoms with E-state index in [-0.39, 0.29) is 24.4 Å². The molecule has 3 rings (SSSR count). The molecular weight excluding hydrogens is 284 g/mol. The average molecular weight is 309 g/mol. The molecule has 1 aromatic rings. The Balaban J connectivity index is 0.00000161. The summed E-state index contributed by atoms with van der Waals surface area (Å²) >= 11 is 0. The first-order valence-corrected chi connectivity index (χ1v) is 7.80. The molecule has 4 heteroatoms. The molecule has 3 nitrogen and oxygen atoms in total. The van der Waals surface area contributed by atoms with Gasteiger partial charge in [0.15, 0.2) is 0 Å². The Bertz CT molecular complexity index is 505. The van der Waals surface area contributed by atoms with E-state index in [4.69, 9.17) is 0 Å². The highest BCUT2D eigenvalue weighted by molar-refractivity contribution is 5.85. The largest absolute Gasteiger partial charge is 0.337 e. The molecule has 1 aliphatic heterocycles. The van der Waals surface area contributed by atoms with Gasteiger partial charge in [-0.15, -0.1) is 12.4 Å². The Morgan fingerprint density at radius 1 is 1.29 bits per heavy atom. The molecule has 1 N–H and O–H groups in total. The van der Waals surface area contributed by atoms with Crippen LogP contribution in [0.5, 0.6) is 0 Å². The van der Waals surface area contributed by atoms with Gasteiger partial charge in [0.25, 0.3) is 0 Å². The summed E-state index contributed by atoms with van der Waals surface area (Å²) in [4.78, 5) is 15.1. The van der Waals surface area contributed by atoms with Crippen LogP contribution in [0.4, 0.5) is 0 Å². The summed E-state index contributed by atoms with van der Waals surface area (Å²) in [5, 5.41) is 3.44. The first kappa shape index (κ1) is 16.3. The highest BCUT2D eigenvalue weighted by Gasteiger charge is 2.34. The number of rotatable bonds is 1. The van der Waals surface area contributed by atoms with Crippen LogP contribution < -0.4 is 5.32 Å². The molecule has 0 spiro atoms. The van der Waals surface area contributed by atoms with Gasteiger partial charge in [0, 0.05) is 25.2 Å². The lowest BCUT2D eigenvalue weighted by Gasteiger charge is -2.41. The lowest BCUT2D eigenvalue weighted by atomic mass is 9.81. The van der Waals surface area contributed by atoms with Gasteiger partial charge >= 0.3 is 0 Å². The van der Waals surface area contributed by atoms with Crippen LogP contribution in [-0.4, -0.2) is 36.0 Å². The molecule has 1 amide bonds. The highest BCUT2D eigenvalue weighted by Crippen LogP contribution is 2.33. The molecule has 0 radical (unpaired) electrons. The Hall–Kier alpha value is -1.06. The number of fused-ring (bicyclic) bond motifs is 1. The number of amides is 1. The van der Waals surface area contributed by atoms with Crippen LogP contribution in [0.15, 0.2) is 24.3 Å². The van der Waals surface area contributed by atoms with Crippen LogP contribution in [0, 0.1) is 0 Å². The maximum Gasteiger partial charge on any atom is 0.230 e. The van der Waals surface area contributed by atoms with Gasteiger partial charge in [0.05, 0.1) is 5.92 Å². The third kappa shape index (κ3) is 3.09. The SMILES string of the molecule is CC1NCCN(C(=O)C2CCCc3ccccc32)C1C.Cl. The Kier molecular flexibility index (Phi) is 5.28. The number of aryl methyl sites for hydroxylation is 1. The van der Waals surface area contributed by atoms with E-state index in [0.29, 0.717) is 11.9 Å². The number of carbonyl (C=O) groups is 1. The van der Waals surface area contributed by atoms with Crippen molar-refractivity contribution in [1.29, 1.82) is 0 Å². The minimum atomic E-state index is 0. The summed E-state index contributed by atoms with van der Waals surface area (Å²) in [6, 6.07) is 9.14. The normalized spacial score (nSPS) is 28.5. The van der Waals surface area contributed by atoms with Gasteiger partial charge in [-0.3, -0.25) is 4.79 Å². The van der Waals surface area contributed by atoms with Crippen molar-refractivity contribution in [3.63, 3.8) is 0 Å². The zero-order valence-electron chi connectivity index (χ0n) is 12.8. The van der Waals surface area contributed by atoms with Crippen molar-refractivity contribution in [3.05, 3.63) is 35.4 Å². The molecule has 116 valence electrons. The van der Waals surface area contributed by atoms with E-state index in [2.05, 4.69) is 48.3 Å². The van der Waals surface area contributed by atoms with Crippen molar-refractivity contribution in [2.75, 3.05) is 13.1 Å². The second kappa shape index (κ2) is 6.80. The molecule has 1 fully saturated rings. The molecule has 0 saturated carbocycles. The predicted octanol–water partition coefficient (Wildman–Crippen LogP) is 2.74. The minimum Gasteiger partial charge on any atom is -0.337 e. The summed E-state index contributed by atoms with van der Waals surface area (Å²) in [5.74, 6) is 0.408. The fraction of sp³-hybridized carbons (Fsp3) is 0.588. The number of benzene rings is 1. The molecular formula is C17H25ClN2O. The van der Waals surface area contributed by atoms with Gasteiger partial charge in [0.1, 0.15) is 0 Å². The number of nitrogens with one attached hydrogen (secondary N) is 1. The molecule has 1 aromatic carbocycles. The third-order valence-corrected chi connectivity index (χ3v) is 4.98. The highest BCUT2D eigenvalue weighted by atomic mass is 35.5. The monoisotopic (exact) mass is 308 g/mol. The third-order valence-electron chi connectivity index (χ3n) is 4.98. The number of nitrogens with zero attached hydrogens (tertiary/aromatic N) is 1. The van der Waals surface area contributed by atoms with Crippen molar-refractivity contribution >= 4 is 18.3 Å². The molecule has 2 aliphatic rings. The summed E-state index contributed by atoms with van der Waals surface area (Å²) in [6.07, 6.45) is 3.25. The van der Waals surface area contributed by atoms with E-state index >= 15 is 0 Å².